The molecule has 0 saturated carbocycles. The van der Waals surface area contributed by atoms with Crippen molar-refractivity contribution in [3.05, 3.63) is 65.9 Å². The number of likely N-dealkylation sites (N-methyl/N-ethyl adjacent to an activating group) is 2. The maximum Gasteiger partial charge on any atom is 0.244 e. The summed E-state index contributed by atoms with van der Waals surface area (Å²) in [4.78, 5) is 21.4. The summed E-state index contributed by atoms with van der Waals surface area (Å²) in [6.45, 7) is 0.708. The molecule has 6 heteroatoms. The molecule has 4 rings (SSSR count). The number of carbonyl (C=O) groups is 1. The third kappa shape index (κ3) is 3.51. The molecule has 0 unspecified atom stereocenters. The lowest BCUT2D eigenvalue weighted by atomic mass is 10.0. The summed E-state index contributed by atoms with van der Waals surface area (Å²) in [5, 5.41) is 1.07. The summed E-state index contributed by atoms with van der Waals surface area (Å²) in [6.07, 6.45) is 1.83. The molecule has 1 aliphatic rings. The standard InChI is InChI=1S/C22H23N3O3/c1-24(2)21(17-8-9-19-20(11-17)28-14-27-19)22(26)25(3)13-15-10-16-6-4-5-7-18(16)23-12-15/h4-12,21H,13-14H2,1-3H3/t21-/m0/s1. The molecule has 0 fully saturated rings. The molecule has 0 radical (unpaired) electrons. The second kappa shape index (κ2) is 7.48. The largest absolute Gasteiger partial charge is 0.454 e. The third-order valence-corrected chi connectivity index (χ3v) is 4.91. The van der Waals surface area contributed by atoms with Gasteiger partial charge in [0.1, 0.15) is 6.04 Å². The third-order valence-electron chi connectivity index (χ3n) is 4.91. The maximum atomic E-state index is 13.2. The monoisotopic (exact) mass is 377 g/mol. The smallest absolute Gasteiger partial charge is 0.244 e. The molecule has 28 heavy (non-hydrogen) atoms. The van der Waals surface area contributed by atoms with Gasteiger partial charge in [0.15, 0.2) is 11.5 Å². The fraction of sp³-hybridized carbons (Fsp3) is 0.273. The van der Waals surface area contributed by atoms with Crippen molar-refractivity contribution < 1.29 is 14.3 Å². The van der Waals surface area contributed by atoms with Crippen molar-refractivity contribution in [1.82, 2.24) is 14.8 Å². The number of para-hydroxylation sites is 1. The van der Waals surface area contributed by atoms with Crippen molar-refractivity contribution in [2.75, 3.05) is 27.9 Å². The molecule has 1 amide bonds. The first kappa shape index (κ1) is 18.3. The lowest BCUT2D eigenvalue weighted by molar-refractivity contribution is -0.135. The zero-order chi connectivity index (χ0) is 19.7. The Morgan fingerprint density at radius 1 is 1.07 bits per heavy atom. The Kier molecular flexibility index (Phi) is 4.88. The van der Waals surface area contributed by atoms with Gasteiger partial charge in [-0.1, -0.05) is 24.3 Å². The van der Waals surface area contributed by atoms with Crippen LogP contribution in [0.15, 0.2) is 54.7 Å². The summed E-state index contributed by atoms with van der Waals surface area (Å²) in [5.41, 5.74) is 2.83. The van der Waals surface area contributed by atoms with Crippen molar-refractivity contribution in [3.8, 4) is 11.5 Å². The number of carbonyl (C=O) groups excluding carboxylic acids is 1. The molecule has 0 N–H and O–H groups in total. The predicted octanol–water partition coefficient (Wildman–Crippen LogP) is 3.22. The Morgan fingerprint density at radius 3 is 2.68 bits per heavy atom. The van der Waals surface area contributed by atoms with E-state index in [1.807, 2.05) is 74.7 Å². The highest BCUT2D eigenvalue weighted by Gasteiger charge is 2.28. The highest BCUT2D eigenvalue weighted by Crippen LogP contribution is 2.35. The summed E-state index contributed by atoms with van der Waals surface area (Å²) in [5.74, 6) is 1.40. The van der Waals surface area contributed by atoms with Gasteiger partial charge in [-0.05, 0) is 49.5 Å². The van der Waals surface area contributed by atoms with Gasteiger partial charge in [-0.25, -0.2) is 0 Å². The van der Waals surface area contributed by atoms with Gasteiger partial charge < -0.3 is 14.4 Å². The first-order chi connectivity index (χ1) is 13.5. The molecule has 1 aliphatic heterocycles. The van der Waals surface area contributed by atoms with E-state index in [4.69, 9.17) is 9.47 Å². The quantitative estimate of drug-likeness (QED) is 0.683. The fourth-order valence-corrected chi connectivity index (χ4v) is 3.51. The van der Waals surface area contributed by atoms with Crippen LogP contribution in [0.2, 0.25) is 0 Å². The minimum atomic E-state index is -0.409. The number of amides is 1. The number of rotatable bonds is 5. The van der Waals surface area contributed by atoms with E-state index < -0.39 is 6.04 Å². The van der Waals surface area contributed by atoms with E-state index >= 15 is 0 Å². The van der Waals surface area contributed by atoms with Crippen LogP contribution in [0.3, 0.4) is 0 Å². The minimum absolute atomic E-state index is 0.0111. The van der Waals surface area contributed by atoms with Gasteiger partial charge in [0.05, 0.1) is 5.52 Å². The molecular formula is C22H23N3O3. The van der Waals surface area contributed by atoms with Crippen LogP contribution in [0, 0.1) is 0 Å². The van der Waals surface area contributed by atoms with Gasteiger partial charge in [0, 0.05) is 25.2 Å². The van der Waals surface area contributed by atoms with Crippen LogP contribution in [0.25, 0.3) is 10.9 Å². The number of pyridine rings is 1. The highest BCUT2D eigenvalue weighted by atomic mass is 16.7. The maximum absolute atomic E-state index is 13.2. The number of hydrogen-bond donors (Lipinski definition) is 0. The second-order valence-corrected chi connectivity index (χ2v) is 7.21. The molecule has 2 heterocycles. The first-order valence-electron chi connectivity index (χ1n) is 9.17. The lowest BCUT2D eigenvalue weighted by Crippen LogP contribution is -2.38. The van der Waals surface area contributed by atoms with E-state index in [1.165, 1.54) is 0 Å². The molecule has 2 aromatic carbocycles. The molecule has 0 bridgehead atoms. The molecule has 0 saturated heterocycles. The average Bonchev–Trinajstić information content (AvgIpc) is 3.15. The fourth-order valence-electron chi connectivity index (χ4n) is 3.51. The zero-order valence-corrected chi connectivity index (χ0v) is 16.3. The lowest BCUT2D eigenvalue weighted by Gasteiger charge is -2.29. The number of hydrogen-bond acceptors (Lipinski definition) is 5. The normalized spacial score (nSPS) is 13.7. The Labute approximate surface area is 164 Å². The highest BCUT2D eigenvalue weighted by molar-refractivity contribution is 5.84. The van der Waals surface area contributed by atoms with E-state index in [9.17, 15) is 4.79 Å². The molecule has 6 nitrogen and oxygen atoms in total. The van der Waals surface area contributed by atoms with Crippen molar-refractivity contribution in [3.63, 3.8) is 0 Å². The van der Waals surface area contributed by atoms with Crippen molar-refractivity contribution >= 4 is 16.8 Å². The van der Waals surface area contributed by atoms with Crippen molar-refractivity contribution in [2.24, 2.45) is 0 Å². The Bertz CT molecular complexity index is 1020. The van der Waals surface area contributed by atoms with Crippen LogP contribution in [0.5, 0.6) is 11.5 Å². The number of nitrogens with zero attached hydrogens (tertiary/aromatic N) is 3. The van der Waals surface area contributed by atoms with Gasteiger partial charge in [-0.3, -0.25) is 14.7 Å². The van der Waals surface area contributed by atoms with E-state index in [2.05, 4.69) is 11.1 Å². The van der Waals surface area contributed by atoms with Crippen LogP contribution in [-0.2, 0) is 11.3 Å². The Balaban J connectivity index is 1.56. The minimum Gasteiger partial charge on any atom is -0.454 e. The second-order valence-electron chi connectivity index (χ2n) is 7.21. The van der Waals surface area contributed by atoms with Gasteiger partial charge in [-0.15, -0.1) is 0 Å². The van der Waals surface area contributed by atoms with Crippen LogP contribution in [0.4, 0.5) is 0 Å². The zero-order valence-electron chi connectivity index (χ0n) is 16.3. The van der Waals surface area contributed by atoms with Crippen LogP contribution < -0.4 is 9.47 Å². The van der Waals surface area contributed by atoms with E-state index in [0.717, 1.165) is 22.0 Å². The SMILES string of the molecule is CN(Cc1cnc2ccccc2c1)C(=O)[C@H](c1ccc2c(c1)OCO2)N(C)C. The molecule has 1 aromatic heterocycles. The Morgan fingerprint density at radius 2 is 1.86 bits per heavy atom. The molecule has 144 valence electrons. The van der Waals surface area contributed by atoms with Gasteiger partial charge in [-0.2, -0.15) is 0 Å². The molecule has 0 aliphatic carbocycles. The average molecular weight is 377 g/mol. The van der Waals surface area contributed by atoms with Gasteiger partial charge >= 0.3 is 0 Å². The number of fused-ring (bicyclic) bond motifs is 2. The number of aromatic nitrogens is 1. The van der Waals surface area contributed by atoms with Crippen molar-refractivity contribution in [1.29, 1.82) is 0 Å². The summed E-state index contributed by atoms with van der Waals surface area (Å²) >= 11 is 0. The predicted molar refractivity (Wildman–Crippen MR) is 107 cm³/mol. The van der Waals surface area contributed by atoms with Gasteiger partial charge in [0.2, 0.25) is 12.7 Å². The topological polar surface area (TPSA) is 54.9 Å². The molecule has 0 spiro atoms. The van der Waals surface area contributed by atoms with Crippen LogP contribution in [0.1, 0.15) is 17.2 Å². The summed E-state index contributed by atoms with van der Waals surface area (Å²) < 4.78 is 10.8. The van der Waals surface area contributed by atoms with Crippen LogP contribution in [-0.4, -0.2) is 48.6 Å². The summed E-state index contributed by atoms with van der Waals surface area (Å²) in [6, 6.07) is 15.3. The van der Waals surface area contributed by atoms with E-state index in [1.54, 1.807) is 4.90 Å². The van der Waals surface area contributed by atoms with E-state index in [-0.39, 0.29) is 12.7 Å². The molecule has 1 atom stereocenters. The summed E-state index contributed by atoms with van der Waals surface area (Å²) in [7, 11) is 5.62. The molecule has 3 aromatic rings. The Hall–Kier alpha value is -3.12. The molecular weight excluding hydrogens is 354 g/mol. The van der Waals surface area contributed by atoms with Crippen LogP contribution >= 0.6 is 0 Å². The number of ether oxygens (including phenoxy) is 2. The number of benzene rings is 2. The van der Waals surface area contributed by atoms with Crippen molar-refractivity contribution in [2.45, 2.75) is 12.6 Å². The first-order valence-corrected chi connectivity index (χ1v) is 9.17. The van der Waals surface area contributed by atoms with Gasteiger partial charge in [0.25, 0.3) is 0 Å². The van der Waals surface area contributed by atoms with E-state index in [0.29, 0.717) is 18.0 Å².